The molecule has 0 aromatic rings. The summed E-state index contributed by atoms with van der Waals surface area (Å²) in [6.45, 7) is 0. The third-order valence-electron chi connectivity index (χ3n) is 0.102. The van der Waals surface area contributed by atoms with E-state index in [1.807, 2.05) is 0 Å². The number of rotatable bonds is 0. The molecule has 0 heterocycles. The summed E-state index contributed by atoms with van der Waals surface area (Å²) in [5.74, 6) is 0. The Morgan fingerprint density at radius 1 is 2.00 bits per heavy atom. The normalized spacial score (nSPS) is 11.8. The Bertz CT molecular complexity index is 47.6. The molecule has 0 unspecified atom stereocenters. The van der Waals surface area contributed by atoms with Gasteiger partial charge in [-0.25, -0.2) is 0 Å². The summed E-state index contributed by atoms with van der Waals surface area (Å²) >= 11 is 3.38. The highest BCUT2D eigenvalue weighted by molar-refractivity contribution is 7.96. The van der Waals surface area contributed by atoms with E-state index in [1.54, 1.807) is 0 Å². The number of hydrogen-bond acceptors (Lipinski definition) is 2. The second kappa shape index (κ2) is 1.90. The fourth-order valence-electron chi connectivity index (χ4n) is 0. The lowest BCUT2D eigenvalue weighted by Gasteiger charge is -1.72. The highest BCUT2D eigenvalue weighted by Gasteiger charge is 1.66. The first kappa shape index (κ1) is 4.62. The van der Waals surface area contributed by atoms with Gasteiger partial charge in [0.25, 0.3) is 0 Å². The first-order valence-corrected chi connectivity index (χ1v) is 1.38. The van der Waals surface area contributed by atoms with Crippen LogP contribution in [0.2, 0.25) is 0 Å². The second-order valence-corrected chi connectivity index (χ2v) is 0.916. The van der Waals surface area contributed by atoms with Crippen LogP contribution in [0.1, 0.15) is 0 Å². The smallest absolute Gasteiger partial charge is 0.194 e. The van der Waals surface area contributed by atoms with Gasteiger partial charge in [0.05, 0.1) is 0 Å². The summed E-state index contributed by atoms with van der Waals surface area (Å²) in [7, 11) is 0. The lowest BCUT2D eigenvalue weighted by Crippen LogP contribution is -1.99. The van der Waals surface area contributed by atoms with Crippen molar-refractivity contribution in [2.75, 3.05) is 0 Å². The monoisotopic (exact) mass is 92.0 g/mol. The van der Waals surface area contributed by atoms with Crippen LogP contribution in [-0.4, -0.2) is 10.4 Å². The first-order valence-electron chi connectivity index (χ1n) is 0.936. The fourth-order valence-corrected chi connectivity index (χ4v) is 0. The van der Waals surface area contributed by atoms with E-state index in [0.717, 1.165) is 0 Å². The van der Waals surface area contributed by atoms with Crippen LogP contribution in [0.15, 0.2) is 5.16 Å². The van der Waals surface area contributed by atoms with E-state index in [-0.39, 0.29) is 5.17 Å². The third-order valence-corrected chi connectivity index (χ3v) is 0.192. The van der Waals surface area contributed by atoms with Crippen molar-refractivity contribution >= 4 is 17.8 Å². The molecule has 5 heavy (non-hydrogen) atoms. The van der Waals surface area contributed by atoms with Crippen LogP contribution in [0.25, 0.3) is 0 Å². The molecule has 0 rings (SSSR count). The molecule has 0 spiro atoms. The number of amidine groups is 1. The lowest BCUT2D eigenvalue weighted by molar-refractivity contribution is 0.320. The summed E-state index contributed by atoms with van der Waals surface area (Å²) in [6, 6.07) is 0. The lowest BCUT2D eigenvalue weighted by atomic mass is 11.4. The second-order valence-electron chi connectivity index (χ2n) is 0.458. The van der Waals surface area contributed by atoms with Crippen molar-refractivity contribution < 1.29 is 5.21 Å². The molecule has 0 radical (unpaired) electrons. The van der Waals surface area contributed by atoms with E-state index in [1.165, 1.54) is 0 Å². The molecule has 0 saturated heterocycles. The fraction of sp³-hybridized carbons (Fsp3) is 0. The van der Waals surface area contributed by atoms with Gasteiger partial charge in [-0.1, -0.05) is 5.16 Å². The summed E-state index contributed by atoms with van der Waals surface area (Å²) in [6.07, 6.45) is 0. The number of hydrogen-bond donors (Lipinski definition) is 3. The molecular weight excluding hydrogens is 88.1 g/mol. The summed E-state index contributed by atoms with van der Waals surface area (Å²) in [5.41, 5.74) is 4.66. The predicted molar refractivity (Wildman–Crippen MR) is 22.4 cm³/mol. The molecule has 0 atom stereocenters. The van der Waals surface area contributed by atoms with Gasteiger partial charge in [-0.3, -0.25) is 0 Å². The Morgan fingerprint density at radius 3 is 2.20 bits per heavy atom. The standard InChI is InChI=1S/CH4N2OS/c2-1(5)3-4/h4H,(H3,2,3,5). The molecule has 30 valence electrons. The van der Waals surface area contributed by atoms with Crippen LogP contribution in [0.5, 0.6) is 0 Å². The van der Waals surface area contributed by atoms with Gasteiger partial charge in [-0.15, -0.1) is 12.6 Å². The molecule has 0 aromatic heterocycles. The molecule has 0 amide bonds. The van der Waals surface area contributed by atoms with Crippen molar-refractivity contribution in [3.05, 3.63) is 0 Å². The van der Waals surface area contributed by atoms with E-state index < -0.39 is 0 Å². The van der Waals surface area contributed by atoms with Crippen molar-refractivity contribution in [2.24, 2.45) is 10.9 Å². The quantitative estimate of drug-likeness (QED) is 0.125. The number of nitrogens with zero attached hydrogens (tertiary/aromatic N) is 1. The van der Waals surface area contributed by atoms with E-state index in [4.69, 9.17) is 5.21 Å². The van der Waals surface area contributed by atoms with Crippen molar-refractivity contribution in [3.8, 4) is 0 Å². The molecule has 4 heteroatoms. The number of oxime groups is 1. The van der Waals surface area contributed by atoms with Gasteiger partial charge in [0.2, 0.25) is 0 Å². The predicted octanol–water partition coefficient (Wildman–Crippen LogP) is -0.380. The average molecular weight is 92.1 g/mol. The Labute approximate surface area is 34.9 Å². The van der Waals surface area contributed by atoms with Crippen LogP contribution in [0.3, 0.4) is 0 Å². The molecule has 0 aliphatic carbocycles. The third kappa shape index (κ3) is 3.62. The zero-order valence-corrected chi connectivity index (χ0v) is 3.31. The Kier molecular flexibility index (Phi) is 1.75. The first-order chi connectivity index (χ1) is 2.27. The molecule has 3 nitrogen and oxygen atoms in total. The van der Waals surface area contributed by atoms with E-state index in [2.05, 4.69) is 23.5 Å². The Morgan fingerprint density at radius 2 is 2.20 bits per heavy atom. The van der Waals surface area contributed by atoms with E-state index >= 15 is 0 Å². The van der Waals surface area contributed by atoms with Gasteiger partial charge in [0.15, 0.2) is 5.17 Å². The molecule has 0 aromatic carbocycles. The van der Waals surface area contributed by atoms with Crippen LogP contribution < -0.4 is 5.73 Å². The number of thiol groups is 1. The van der Waals surface area contributed by atoms with E-state index in [0.29, 0.717) is 0 Å². The van der Waals surface area contributed by atoms with Crippen LogP contribution in [-0.2, 0) is 0 Å². The van der Waals surface area contributed by atoms with Gasteiger partial charge in [-0.05, 0) is 0 Å². The zero-order chi connectivity index (χ0) is 4.28. The molecule has 0 bridgehead atoms. The van der Waals surface area contributed by atoms with Gasteiger partial charge in [-0.2, -0.15) is 0 Å². The van der Waals surface area contributed by atoms with Crippen molar-refractivity contribution in [2.45, 2.75) is 0 Å². The number of nitrogens with two attached hydrogens (primary N) is 1. The summed E-state index contributed by atoms with van der Waals surface area (Å²) in [4.78, 5) is 0. The molecule has 0 saturated carbocycles. The highest BCUT2D eigenvalue weighted by Crippen LogP contribution is 1.64. The highest BCUT2D eigenvalue weighted by atomic mass is 32.1. The minimum atomic E-state index is -0.120. The zero-order valence-electron chi connectivity index (χ0n) is 2.42. The minimum absolute atomic E-state index is 0.120. The van der Waals surface area contributed by atoms with Crippen molar-refractivity contribution in [3.63, 3.8) is 0 Å². The van der Waals surface area contributed by atoms with Crippen LogP contribution in [0.4, 0.5) is 0 Å². The van der Waals surface area contributed by atoms with Crippen molar-refractivity contribution in [1.29, 1.82) is 0 Å². The average Bonchev–Trinajstić information content (AvgIpc) is 1.38. The SMILES string of the molecule is N/C(S)=N/O. The maximum absolute atomic E-state index is 7.53. The maximum Gasteiger partial charge on any atom is 0.194 e. The topological polar surface area (TPSA) is 58.6 Å². The van der Waals surface area contributed by atoms with Gasteiger partial charge < -0.3 is 10.9 Å². The van der Waals surface area contributed by atoms with Crippen LogP contribution >= 0.6 is 12.6 Å². The van der Waals surface area contributed by atoms with Gasteiger partial charge >= 0.3 is 0 Å². The molecule has 3 N–H and O–H groups in total. The molecule has 0 aliphatic heterocycles. The van der Waals surface area contributed by atoms with Crippen molar-refractivity contribution in [1.82, 2.24) is 0 Å². The van der Waals surface area contributed by atoms with E-state index in [9.17, 15) is 0 Å². The Hall–Kier alpha value is -0.380. The summed E-state index contributed by atoms with van der Waals surface area (Å²) < 4.78 is 0. The molecule has 0 aliphatic rings. The summed E-state index contributed by atoms with van der Waals surface area (Å²) in [5, 5.41) is 9.86. The largest absolute Gasteiger partial charge is 0.409 e. The van der Waals surface area contributed by atoms with Gasteiger partial charge in [0, 0.05) is 0 Å². The minimum Gasteiger partial charge on any atom is -0.409 e. The Balaban J connectivity index is 3.14. The molecule has 0 fully saturated rings. The maximum atomic E-state index is 7.53. The van der Waals surface area contributed by atoms with Gasteiger partial charge in [0.1, 0.15) is 0 Å². The molecular formula is CH4N2OS. The van der Waals surface area contributed by atoms with Crippen LogP contribution in [0, 0.1) is 0 Å².